The summed E-state index contributed by atoms with van der Waals surface area (Å²) >= 11 is 0. The second-order valence-corrected chi connectivity index (χ2v) is 1.83. The molecule has 0 bridgehead atoms. The van der Waals surface area contributed by atoms with E-state index in [2.05, 4.69) is 6.58 Å². The molecule has 0 radical (unpaired) electrons. The minimum atomic E-state index is -0.981. The van der Waals surface area contributed by atoms with E-state index in [1.807, 2.05) is 0 Å². The van der Waals surface area contributed by atoms with Crippen LogP contribution in [0.15, 0.2) is 12.7 Å². The van der Waals surface area contributed by atoms with E-state index in [1.54, 1.807) is 0 Å². The predicted molar refractivity (Wildman–Crippen MR) is 39.2 cm³/mol. The molecule has 0 unspecified atom stereocenters. The van der Waals surface area contributed by atoms with Crippen molar-refractivity contribution in [1.29, 1.82) is 0 Å². The maximum absolute atomic E-state index is 9.25. The van der Waals surface area contributed by atoms with Gasteiger partial charge in [0.1, 0.15) is 6.79 Å². The fraction of sp³-hybridized carbons (Fsp3) is 0.571. The number of rotatable bonds is 1. The summed E-state index contributed by atoms with van der Waals surface area (Å²) < 4.78 is 9.69. The minimum absolute atomic E-state index is 0.500. The van der Waals surface area contributed by atoms with Crippen LogP contribution < -0.4 is 0 Å². The molecule has 1 rings (SSSR count). The molecule has 1 aliphatic rings. The summed E-state index contributed by atoms with van der Waals surface area (Å²) in [6.45, 7) is 5.21. The Morgan fingerprint density at radius 3 is 2.00 bits per heavy atom. The molecule has 1 saturated heterocycles. The van der Waals surface area contributed by atoms with E-state index in [1.165, 1.54) is 0 Å². The number of aliphatic carboxylic acids is 1. The van der Waals surface area contributed by atoms with Crippen molar-refractivity contribution < 1.29 is 19.4 Å². The molecular formula is C7H12O4. The first-order valence-corrected chi connectivity index (χ1v) is 3.28. The van der Waals surface area contributed by atoms with Crippen molar-refractivity contribution in [2.75, 3.05) is 20.0 Å². The maximum atomic E-state index is 9.25. The van der Waals surface area contributed by atoms with E-state index in [0.717, 1.165) is 25.7 Å². The van der Waals surface area contributed by atoms with E-state index < -0.39 is 5.97 Å². The summed E-state index contributed by atoms with van der Waals surface area (Å²) in [7, 11) is 0. The number of hydrogen-bond donors (Lipinski definition) is 1. The van der Waals surface area contributed by atoms with Gasteiger partial charge in [-0.3, -0.25) is 0 Å². The number of carbonyl (C=O) groups is 1. The molecule has 11 heavy (non-hydrogen) atoms. The van der Waals surface area contributed by atoms with Crippen LogP contribution in [0.3, 0.4) is 0 Å². The Bertz CT molecular complexity index is 106. The van der Waals surface area contributed by atoms with Crippen LogP contribution in [0.1, 0.15) is 6.42 Å². The lowest BCUT2D eigenvalue weighted by atomic mass is 10.5. The van der Waals surface area contributed by atoms with Crippen LogP contribution in [0, 0.1) is 0 Å². The minimum Gasteiger partial charge on any atom is -0.478 e. The second kappa shape index (κ2) is 7.24. The van der Waals surface area contributed by atoms with Crippen molar-refractivity contribution >= 4 is 5.97 Å². The number of hydrogen-bond acceptors (Lipinski definition) is 3. The summed E-state index contributed by atoms with van der Waals surface area (Å²) in [6.07, 6.45) is 1.89. The monoisotopic (exact) mass is 160 g/mol. The summed E-state index contributed by atoms with van der Waals surface area (Å²) in [4.78, 5) is 9.25. The highest BCUT2D eigenvalue weighted by molar-refractivity contribution is 5.78. The van der Waals surface area contributed by atoms with E-state index in [9.17, 15) is 4.79 Å². The normalized spacial score (nSPS) is 16.0. The van der Waals surface area contributed by atoms with E-state index in [0.29, 0.717) is 6.79 Å². The Labute approximate surface area is 65.4 Å². The predicted octanol–water partition coefficient (Wildman–Crippen LogP) is 0.638. The van der Waals surface area contributed by atoms with Crippen molar-refractivity contribution in [3.8, 4) is 0 Å². The molecule has 4 heteroatoms. The number of carboxylic acids is 1. The zero-order valence-corrected chi connectivity index (χ0v) is 6.28. The summed E-state index contributed by atoms with van der Waals surface area (Å²) in [5.74, 6) is -0.981. The molecule has 0 aromatic rings. The van der Waals surface area contributed by atoms with Crippen molar-refractivity contribution in [2.45, 2.75) is 6.42 Å². The van der Waals surface area contributed by atoms with Crippen molar-refractivity contribution in [3.63, 3.8) is 0 Å². The molecule has 0 atom stereocenters. The molecule has 0 amide bonds. The molecule has 0 spiro atoms. The molecule has 0 aromatic heterocycles. The Balaban J connectivity index is 0.000000187. The van der Waals surface area contributed by atoms with Crippen molar-refractivity contribution in [2.24, 2.45) is 0 Å². The highest BCUT2D eigenvalue weighted by Crippen LogP contribution is 1.91. The lowest BCUT2D eigenvalue weighted by molar-refractivity contribution is -0.131. The van der Waals surface area contributed by atoms with Crippen LogP contribution in [-0.2, 0) is 14.3 Å². The molecule has 1 fully saturated rings. The molecule has 4 nitrogen and oxygen atoms in total. The molecule has 1 N–H and O–H groups in total. The molecule has 0 aliphatic carbocycles. The van der Waals surface area contributed by atoms with Crippen molar-refractivity contribution in [1.82, 2.24) is 0 Å². The third-order valence-electron chi connectivity index (χ3n) is 0.919. The Kier molecular flexibility index (Phi) is 6.67. The average Bonchev–Trinajstić information content (AvgIpc) is 2.09. The largest absolute Gasteiger partial charge is 0.478 e. The Morgan fingerprint density at radius 1 is 1.45 bits per heavy atom. The third-order valence-corrected chi connectivity index (χ3v) is 0.919. The van der Waals surface area contributed by atoms with E-state index in [-0.39, 0.29) is 0 Å². The first-order chi connectivity index (χ1) is 5.27. The third kappa shape index (κ3) is 9.13. The summed E-state index contributed by atoms with van der Waals surface area (Å²) in [5.41, 5.74) is 0. The highest BCUT2D eigenvalue weighted by atomic mass is 16.7. The van der Waals surface area contributed by atoms with Crippen LogP contribution in [-0.4, -0.2) is 31.1 Å². The fourth-order valence-electron chi connectivity index (χ4n) is 0.440. The summed E-state index contributed by atoms with van der Waals surface area (Å²) in [5, 5.41) is 7.60. The molecule has 0 aromatic carbocycles. The summed E-state index contributed by atoms with van der Waals surface area (Å²) in [6, 6.07) is 0. The van der Waals surface area contributed by atoms with Gasteiger partial charge in [0.2, 0.25) is 0 Å². The quantitative estimate of drug-likeness (QED) is 0.572. The van der Waals surface area contributed by atoms with Gasteiger partial charge in [-0.25, -0.2) is 4.79 Å². The van der Waals surface area contributed by atoms with Crippen LogP contribution in [0.4, 0.5) is 0 Å². The zero-order chi connectivity index (χ0) is 8.53. The van der Waals surface area contributed by atoms with Gasteiger partial charge in [0.05, 0.1) is 13.2 Å². The highest BCUT2D eigenvalue weighted by Gasteiger charge is 1.94. The van der Waals surface area contributed by atoms with Crippen molar-refractivity contribution in [3.05, 3.63) is 12.7 Å². The number of carboxylic acid groups (broad SMARTS) is 1. The van der Waals surface area contributed by atoms with E-state index in [4.69, 9.17) is 14.6 Å². The number of ether oxygens (including phenoxy) is 2. The molecule has 64 valence electrons. The van der Waals surface area contributed by atoms with Crippen LogP contribution in [0.2, 0.25) is 0 Å². The smallest absolute Gasteiger partial charge is 0.327 e. The van der Waals surface area contributed by atoms with Crippen LogP contribution >= 0.6 is 0 Å². The van der Waals surface area contributed by atoms with Gasteiger partial charge in [0.25, 0.3) is 0 Å². The average molecular weight is 160 g/mol. The van der Waals surface area contributed by atoms with Crippen LogP contribution in [0.25, 0.3) is 0 Å². The second-order valence-electron chi connectivity index (χ2n) is 1.83. The van der Waals surface area contributed by atoms with Gasteiger partial charge in [-0.2, -0.15) is 0 Å². The zero-order valence-electron chi connectivity index (χ0n) is 6.28. The Morgan fingerprint density at radius 2 is 1.91 bits per heavy atom. The van der Waals surface area contributed by atoms with Gasteiger partial charge >= 0.3 is 5.97 Å². The molecular weight excluding hydrogens is 148 g/mol. The van der Waals surface area contributed by atoms with Gasteiger partial charge in [0, 0.05) is 6.08 Å². The fourth-order valence-corrected chi connectivity index (χ4v) is 0.440. The van der Waals surface area contributed by atoms with Gasteiger partial charge in [-0.1, -0.05) is 6.58 Å². The SMILES string of the molecule is C1COCOC1.C=CC(=O)O. The van der Waals surface area contributed by atoms with Gasteiger partial charge in [-0.05, 0) is 6.42 Å². The molecule has 1 heterocycles. The molecule has 0 saturated carbocycles. The van der Waals surface area contributed by atoms with Gasteiger partial charge in [0.15, 0.2) is 0 Å². The van der Waals surface area contributed by atoms with E-state index >= 15 is 0 Å². The standard InChI is InChI=1S/C4H8O2.C3H4O2/c1-2-5-4-6-3-1;1-2-3(4)5/h1-4H2;2H,1H2,(H,4,5). The maximum Gasteiger partial charge on any atom is 0.327 e. The first kappa shape index (κ1) is 10.1. The van der Waals surface area contributed by atoms with Gasteiger partial charge < -0.3 is 14.6 Å². The van der Waals surface area contributed by atoms with Gasteiger partial charge in [-0.15, -0.1) is 0 Å². The first-order valence-electron chi connectivity index (χ1n) is 3.28. The Hall–Kier alpha value is -0.870. The van der Waals surface area contributed by atoms with Crippen LogP contribution in [0.5, 0.6) is 0 Å². The lowest BCUT2D eigenvalue weighted by Gasteiger charge is -2.09. The topological polar surface area (TPSA) is 55.8 Å². The molecule has 1 aliphatic heterocycles. The lowest BCUT2D eigenvalue weighted by Crippen LogP contribution is -2.11.